The van der Waals surface area contributed by atoms with Crippen molar-refractivity contribution in [1.29, 1.82) is 0 Å². The van der Waals surface area contributed by atoms with Crippen LogP contribution >= 0.6 is 11.3 Å². The maximum atomic E-state index is 11.4. The fraction of sp³-hybridized carbons (Fsp3) is 0.143. The maximum Gasteiger partial charge on any atom is 0.262 e. The molecule has 0 saturated carbocycles. The number of anilines is 2. The summed E-state index contributed by atoms with van der Waals surface area (Å²) in [5.74, 6) is 1.14. The molecule has 21 heavy (non-hydrogen) atoms. The second kappa shape index (κ2) is 4.23. The minimum atomic E-state index is -0.144. The number of nitrogens with zero attached hydrogens (tertiary/aromatic N) is 2. The molecule has 0 radical (unpaired) electrons. The molecule has 0 aliphatic carbocycles. The van der Waals surface area contributed by atoms with Gasteiger partial charge in [0.1, 0.15) is 11.6 Å². The Bertz CT molecular complexity index is 881. The average molecular weight is 300 g/mol. The first kappa shape index (κ1) is 12.2. The van der Waals surface area contributed by atoms with E-state index in [-0.39, 0.29) is 12.5 Å². The molecule has 1 aromatic carbocycles. The molecule has 0 unspecified atom stereocenters. The molecule has 106 valence electrons. The predicted octanol–water partition coefficient (Wildman–Crippen LogP) is 2.28. The van der Waals surface area contributed by atoms with Crippen molar-refractivity contribution in [2.75, 3.05) is 17.7 Å². The fourth-order valence-corrected chi connectivity index (χ4v) is 3.52. The average Bonchev–Trinajstić information content (AvgIpc) is 2.97. The topological polar surface area (TPSA) is 81.6 Å². The SMILES string of the molecule is Cc1sc2ncc(N)n2c1-c1ccc2c(c1)NC(=O)CO2. The highest BCUT2D eigenvalue weighted by atomic mass is 32.1. The number of ether oxygens (including phenoxy) is 1. The number of hydrogen-bond donors (Lipinski definition) is 2. The van der Waals surface area contributed by atoms with E-state index in [1.807, 2.05) is 29.5 Å². The van der Waals surface area contributed by atoms with Crippen LogP contribution in [-0.4, -0.2) is 21.9 Å². The minimum Gasteiger partial charge on any atom is -0.482 e. The molecular formula is C14H12N4O2S. The van der Waals surface area contributed by atoms with Gasteiger partial charge in [0.2, 0.25) is 0 Å². The first-order chi connectivity index (χ1) is 10.1. The second-order valence-corrected chi connectivity index (χ2v) is 6.04. The Hall–Kier alpha value is -2.54. The second-order valence-electron chi connectivity index (χ2n) is 4.86. The van der Waals surface area contributed by atoms with Gasteiger partial charge in [0, 0.05) is 10.4 Å². The third-order valence-electron chi connectivity index (χ3n) is 3.44. The normalized spacial score (nSPS) is 13.9. The quantitative estimate of drug-likeness (QED) is 0.722. The predicted molar refractivity (Wildman–Crippen MR) is 81.8 cm³/mol. The maximum absolute atomic E-state index is 11.4. The minimum absolute atomic E-state index is 0.0581. The summed E-state index contributed by atoms with van der Waals surface area (Å²) >= 11 is 1.59. The number of imidazole rings is 1. The first-order valence-corrected chi connectivity index (χ1v) is 7.24. The van der Waals surface area contributed by atoms with E-state index in [0.29, 0.717) is 17.3 Å². The first-order valence-electron chi connectivity index (χ1n) is 6.43. The van der Waals surface area contributed by atoms with Gasteiger partial charge in [0.15, 0.2) is 11.6 Å². The third-order valence-corrected chi connectivity index (χ3v) is 4.41. The number of carbonyl (C=O) groups excluding carboxylic acids is 1. The van der Waals surface area contributed by atoms with Crippen molar-refractivity contribution in [2.24, 2.45) is 0 Å². The van der Waals surface area contributed by atoms with Crippen molar-refractivity contribution >= 4 is 33.7 Å². The van der Waals surface area contributed by atoms with E-state index in [4.69, 9.17) is 10.5 Å². The zero-order chi connectivity index (χ0) is 14.6. The van der Waals surface area contributed by atoms with Crippen LogP contribution in [0.1, 0.15) is 4.88 Å². The van der Waals surface area contributed by atoms with Crippen molar-refractivity contribution in [2.45, 2.75) is 6.92 Å². The van der Waals surface area contributed by atoms with Crippen molar-refractivity contribution in [3.63, 3.8) is 0 Å². The zero-order valence-electron chi connectivity index (χ0n) is 11.2. The zero-order valence-corrected chi connectivity index (χ0v) is 12.0. The van der Waals surface area contributed by atoms with Crippen LogP contribution in [0.4, 0.5) is 11.5 Å². The molecule has 3 N–H and O–H groups in total. The molecule has 0 atom stereocenters. The summed E-state index contributed by atoms with van der Waals surface area (Å²) in [5.41, 5.74) is 8.64. The Balaban J connectivity index is 1.93. The Morgan fingerprint density at radius 2 is 2.33 bits per heavy atom. The molecule has 2 aromatic heterocycles. The molecule has 1 aliphatic rings. The molecule has 4 rings (SSSR count). The number of hydrogen-bond acceptors (Lipinski definition) is 5. The van der Waals surface area contributed by atoms with Crippen LogP contribution in [0.5, 0.6) is 5.75 Å². The van der Waals surface area contributed by atoms with Gasteiger partial charge in [0.25, 0.3) is 5.91 Å². The fourth-order valence-electron chi connectivity index (χ4n) is 2.55. The van der Waals surface area contributed by atoms with E-state index in [1.54, 1.807) is 17.5 Å². The van der Waals surface area contributed by atoms with Crippen LogP contribution in [0.3, 0.4) is 0 Å². The molecule has 0 saturated heterocycles. The Morgan fingerprint density at radius 1 is 1.48 bits per heavy atom. The molecule has 1 aliphatic heterocycles. The van der Waals surface area contributed by atoms with Gasteiger partial charge >= 0.3 is 0 Å². The lowest BCUT2D eigenvalue weighted by molar-refractivity contribution is -0.118. The van der Waals surface area contributed by atoms with E-state index in [1.165, 1.54) is 0 Å². The number of aromatic nitrogens is 2. The van der Waals surface area contributed by atoms with Gasteiger partial charge in [-0.15, -0.1) is 11.3 Å². The number of amides is 1. The third kappa shape index (κ3) is 1.78. The summed E-state index contributed by atoms with van der Waals surface area (Å²) in [6, 6.07) is 5.73. The molecule has 1 amide bonds. The van der Waals surface area contributed by atoms with Gasteiger partial charge in [-0.25, -0.2) is 4.98 Å². The lowest BCUT2D eigenvalue weighted by Gasteiger charge is -2.18. The number of rotatable bonds is 1. The highest BCUT2D eigenvalue weighted by Gasteiger charge is 2.19. The molecular weight excluding hydrogens is 288 g/mol. The number of nitrogens with two attached hydrogens (primary N) is 1. The van der Waals surface area contributed by atoms with Crippen LogP contribution in [0.15, 0.2) is 24.4 Å². The van der Waals surface area contributed by atoms with Crippen LogP contribution in [0.25, 0.3) is 16.2 Å². The van der Waals surface area contributed by atoms with Crippen LogP contribution in [0.2, 0.25) is 0 Å². The molecule has 7 heteroatoms. The smallest absolute Gasteiger partial charge is 0.262 e. The lowest BCUT2D eigenvalue weighted by Crippen LogP contribution is -2.25. The molecule has 0 fully saturated rings. The Morgan fingerprint density at radius 3 is 3.19 bits per heavy atom. The summed E-state index contributed by atoms with van der Waals surface area (Å²) in [6.45, 7) is 2.09. The van der Waals surface area contributed by atoms with Gasteiger partial charge in [-0.2, -0.15) is 0 Å². The number of aryl methyl sites for hydroxylation is 1. The van der Waals surface area contributed by atoms with Crippen molar-refractivity contribution < 1.29 is 9.53 Å². The highest BCUT2D eigenvalue weighted by Crippen LogP contribution is 2.37. The molecule has 0 spiro atoms. The number of carbonyl (C=O) groups is 1. The van der Waals surface area contributed by atoms with E-state index >= 15 is 0 Å². The van der Waals surface area contributed by atoms with Gasteiger partial charge in [-0.3, -0.25) is 9.20 Å². The molecule has 6 nitrogen and oxygen atoms in total. The number of nitrogens with one attached hydrogen (secondary N) is 1. The van der Waals surface area contributed by atoms with E-state index in [0.717, 1.165) is 21.1 Å². The largest absolute Gasteiger partial charge is 0.482 e. The number of thiazole rings is 1. The summed E-state index contributed by atoms with van der Waals surface area (Å²) in [7, 11) is 0. The molecule has 3 heterocycles. The van der Waals surface area contributed by atoms with Crippen molar-refractivity contribution in [1.82, 2.24) is 9.38 Å². The highest BCUT2D eigenvalue weighted by molar-refractivity contribution is 7.17. The lowest BCUT2D eigenvalue weighted by atomic mass is 10.1. The van der Waals surface area contributed by atoms with Gasteiger partial charge in [0.05, 0.1) is 17.6 Å². The number of benzene rings is 1. The van der Waals surface area contributed by atoms with Crippen molar-refractivity contribution in [3.8, 4) is 17.0 Å². The Kier molecular flexibility index (Phi) is 2.46. The van der Waals surface area contributed by atoms with Gasteiger partial charge < -0.3 is 15.8 Å². The monoisotopic (exact) mass is 300 g/mol. The number of nitrogen functional groups attached to an aromatic ring is 1. The summed E-state index contributed by atoms with van der Waals surface area (Å²) < 4.78 is 7.31. The summed E-state index contributed by atoms with van der Waals surface area (Å²) in [6.07, 6.45) is 1.65. The van der Waals surface area contributed by atoms with Crippen molar-refractivity contribution in [3.05, 3.63) is 29.3 Å². The van der Waals surface area contributed by atoms with E-state index in [9.17, 15) is 4.79 Å². The van der Waals surface area contributed by atoms with E-state index in [2.05, 4.69) is 10.3 Å². The number of fused-ring (bicyclic) bond motifs is 2. The molecule has 0 bridgehead atoms. The van der Waals surface area contributed by atoms with Crippen LogP contribution in [0, 0.1) is 6.92 Å². The standard InChI is InChI=1S/C14H12N4O2S/c1-7-13(18-11(15)5-16-14(18)21-7)8-2-3-10-9(4-8)17-12(19)6-20-10/h2-5H,6,15H2,1H3,(H,17,19). The summed E-state index contributed by atoms with van der Waals surface area (Å²) in [4.78, 5) is 17.7. The Labute approximate surface area is 124 Å². The van der Waals surface area contributed by atoms with Gasteiger partial charge in [-0.1, -0.05) is 0 Å². The van der Waals surface area contributed by atoms with Crippen LogP contribution in [-0.2, 0) is 4.79 Å². The molecule has 3 aromatic rings. The van der Waals surface area contributed by atoms with E-state index < -0.39 is 0 Å². The summed E-state index contributed by atoms with van der Waals surface area (Å²) in [5, 5.41) is 2.82. The van der Waals surface area contributed by atoms with Crippen LogP contribution < -0.4 is 15.8 Å². The van der Waals surface area contributed by atoms with Gasteiger partial charge in [-0.05, 0) is 25.1 Å².